The van der Waals surface area contributed by atoms with E-state index in [4.69, 9.17) is 0 Å². The summed E-state index contributed by atoms with van der Waals surface area (Å²) in [4.78, 5) is 12.7. The molecule has 0 heterocycles. The lowest BCUT2D eigenvalue weighted by molar-refractivity contribution is 0.102. The van der Waals surface area contributed by atoms with Gasteiger partial charge in [0.2, 0.25) is 10.0 Å². The summed E-state index contributed by atoms with van der Waals surface area (Å²) in [6.07, 6.45) is 1.06. The normalized spacial score (nSPS) is 12.0. The van der Waals surface area contributed by atoms with Gasteiger partial charge in [0.25, 0.3) is 5.91 Å². The Morgan fingerprint density at radius 1 is 0.964 bits per heavy atom. The van der Waals surface area contributed by atoms with Crippen LogP contribution in [-0.4, -0.2) is 53.9 Å². The van der Waals surface area contributed by atoms with Crippen LogP contribution < -0.4 is 10.6 Å². The van der Waals surface area contributed by atoms with Gasteiger partial charge in [-0.3, -0.25) is 4.79 Å². The molecule has 0 aliphatic carbocycles. The zero-order valence-electron chi connectivity index (χ0n) is 16.1. The van der Waals surface area contributed by atoms with Crippen LogP contribution in [0.1, 0.15) is 17.3 Å². The number of nitrogens with one attached hydrogen (secondary N) is 2. The molecule has 0 aliphatic rings. The Balaban J connectivity index is 2.45. The van der Waals surface area contributed by atoms with E-state index in [2.05, 4.69) is 10.6 Å². The molecule has 0 atom stereocenters. The monoisotopic (exact) mass is 425 g/mol. The molecule has 0 spiro atoms. The molecular formula is C18H23N3O5S2. The summed E-state index contributed by atoms with van der Waals surface area (Å²) in [5.74, 6) is -0.552. The van der Waals surface area contributed by atoms with Crippen LogP contribution in [0.25, 0.3) is 0 Å². The highest BCUT2D eigenvalue weighted by atomic mass is 32.2. The van der Waals surface area contributed by atoms with Crippen LogP contribution in [0.15, 0.2) is 52.3 Å². The SMILES string of the molecule is CCNc1ccc(S(=O)(=O)N(C)C)cc1NC(=O)c1cccc(S(C)(=O)=O)c1. The number of sulfonamides is 1. The maximum absolute atomic E-state index is 12.7. The minimum Gasteiger partial charge on any atom is -0.384 e. The molecule has 0 aliphatic heterocycles. The fourth-order valence-electron chi connectivity index (χ4n) is 2.41. The molecular weight excluding hydrogens is 402 g/mol. The van der Waals surface area contributed by atoms with Crippen LogP contribution in [0.2, 0.25) is 0 Å². The van der Waals surface area contributed by atoms with Crippen molar-refractivity contribution in [3.63, 3.8) is 0 Å². The van der Waals surface area contributed by atoms with E-state index >= 15 is 0 Å². The lowest BCUT2D eigenvalue weighted by atomic mass is 10.2. The zero-order chi connectivity index (χ0) is 21.1. The number of rotatable bonds is 7. The number of amides is 1. The van der Waals surface area contributed by atoms with E-state index < -0.39 is 25.8 Å². The number of hydrogen-bond donors (Lipinski definition) is 2. The van der Waals surface area contributed by atoms with Gasteiger partial charge in [-0.15, -0.1) is 0 Å². The quantitative estimate of drug-likeness (QED) is 0.702. The third-order valence-corrected chi connectivity index (χ3v) is 6.83. The smallest absolute Gasteiger partial charge is 0.255 e. The summed E-state index contributed by atoms with van der Waals surface area (Å²) in [6.45, 7) is 2.43. The molecule has 0 unspecified atom stereocenters. The van der Waals surface area contributed by atoms with Gasteiger partial charge in [0.1, 0.15) is 0 Å². The van der Waals surface area contributed by atoms with Crippen molar-refractivity contribution in [3.8, 4) is 0 Å². The molecule has 8 nitrogen and oxygen atoms in total. The Bertz CT molecular complexity index is 1090. The van der Waals surface area contributed by atoms with E-state index in [1.165, 1.54) is 50.5 Å². The maximum atomic E-state index is 12.7. The Labute approximate surface area is 165 Å². The van der Waals surface area contributed by atoms with Crippen molar-refractivity contribution in [1.29, 1.82) is 0 Å². The molecule has 0 radical (unpaired) electrons. The Hall–Kier alpha value is -2.43. The summed E-state index contributed by atoms with van der Waals surface area (Å²) < 4.78 is 49.3. The van der Waals surface area contributed by atoms with Gasteiger partial charge in [-0.2, -0.15) is 0 Å². The summed E-state index contributed by atoms with van der Waals surface area (Å²) in [7, 11) is -4.31. The number of carbonyl (C=O) groups is 1. The van der Waals surface area contributed by atoms with Crippen molar-refractivity contribution in [1.82, 2.24) is 4.31 Å². The largest absolute Gasteiger partial charge is 0.384 e. The number of anilines is 2. The van der Waals surface area contributed by atoms with E-state index in [1.807, 2.05) is 6.92 Å². The number of benzene rings is 2. The molecule has 2 aromatic rings. The molecule has 0 saturated carbocycles. The average Bonchev–Trinajstić information content (AvgIpc) is 2.62. The van der Waals surface area contributed by atoms with Crippen molar-refractivity contribution in [2.45, 2.75) is 16.7 Å². The van der Waals surface area contributed by atoms with Crippen LogP contribution in [-0.2, 0) is 19.9 Å². The van der Waals surface area contributed by atoms with Gasteiger partial charge < -0.3 is 10.6 Å². The summed E-state index contributed by atoms with van der Waals surface area (Å²) in [5, 5.41) is 5.72. The second kappa shape index (κ2) is 8.29. The third kappa shape index (κ3) is 4.89. The van der Waals surface area contributed by atoms with Gasteiger partial charge in [0.15, 0.2) is 9.84 Å². The zero-order valence-corrected chi connectivity index (χ0v) is 17.7. The van der Waals surface area contributed by atoms with Gasteiger partial charge in [-0.25, -0.2) is 21.1 Å². The molecule has 2 rings (SSSR count). The minimum absolute atomic E-state index is 0.0241. The molecule has 2 aromatic carbocycles. The number of carbonyl (C=O) groups excluding carboxylic acids is 1. The highest BCUT2D eigenvalue weighted by Crippen LogP contribution is 2.27. The Kier molecular flexibility index (Phi) is 6.48. The predicted octanol–water partition coefficient (Wildman–Crippen LogP) is 2.02. The van der Waals surface area contributed by atoms with Gasteiger partial charge >= 0.3 is 0 Å². The van der Waals surface area contributed by atoms with Crippen molar-refractivity contribution in [2.24, 2.45) is 0 Å². The van der Waals surface area contributed by atoms with Crippen LogP contribution in [0.4, 0.5) is 11.4 Å². The van der Waals surface area contributed by atoms with Crippen molar-refractivity contribution >= 4 is 37.1 Å². The van der Waals surface area contributed by atoms with E-state index in [9.17, 15) is 21.6 Å². The van der Waals surface area contributed by atoms with Gasteiger partial charge in [-0.05, 0) is 43.3 Å². The summed E-state index contributed by atoms with van der Waals surface area (Å²) >= 11 is 0. The van der Waals surface area contributed by atoms with Crippen LogP contribution >= 0.6 is 0 Å². The molecule has 28 heavy (non-hydrogen) atoms. The van der Waals surface area contributed by atoms with Gasteiger partial charge in [0.05, 0.1) is 21.2 Å². The Morgan fingerprint density at radius 3 is 2.21 bits per heavy atom. The fraction of sp³-hybridized carbons (Fsp3) is 0.278. The molecule has 0 saturated heterocycles. The minimum atomic E-state index is -3.68. The van der Waals surface area contributed by atoms with Crippen LogP contribution in [0.3, 0.4) is 0 Å². The highest BCUT2D eigenvalue weighted by Gasteiger charge is 2.20. The first-order chi connectivity index (χ1) is 13.0. The second-order valence-corrected chi connectivity index (χ2v) is 10.4. The van der Waals surface area contributed by atoms with E-state index in [-0.39, 0.29) is 21.0 Å². The fourth-order valence-corrected chi connectivity index (χ4v) is 4.00. The van der Waals surface area contributed by atoms with Crippen molar-refractivity contribution < 1.29 is 21.6 Å². The molecule has 0 fully saturated rings. The number of nitrogens with zero attached hydrogens (tertiary/aromatic N) is 1. The summed E-state index contributed by atoms with van der Waals surface area (Å²) in [5.41, 5.74) is 0.971. The molecule has 10 heteroatoms. The van der Waals surface area contributed by atoms with Crippen LogP contribution in [0, 0.1) is 0 Å². The second-order valence-electron chi connectivity index (χ2n) is 6.28. The lowest BCUT2D eigenvalue weighted by Crippen LogP contribution is -2.22. The first-order valence-electron chi connectivity index (χ1n) is 8.38. The number of sulfone groups is 1. The standard InChI is InChI=1S/C18H23N3O5S2/c1-5-19-16-10-9-15(28(25,26)21(2)3)12-17(16)20-18(22)13-7-6-8-14(11-13)27(4,23)24/h6-12,19H,5H2,1-4H3,(H,20,22). The molecule has 0 bridgehead atoms. The molecule has 1 amide bonds. The topological polar surface area (TPSA) is 113 Å². The lowest BCUT2D eigenvalue weighted by Gasteiger charge is -2.16. The predicted molar refractivity (Wildman–Crippen MR) is 109 cm³/mol. The van der Waals surface area contributed by atoms with E-state index in [0.29, 0.717) is 12.2 Å². The van der Waals surface area contributed by atoms with Gasteiger partial charge in [0, 0.05) is 32.5 Å². The molecule has 2 N–H and O–H groups in total. The van der Waals surface area contributed by atoms with E-state index in [0.717, 1.165) is 10.6 Å². The van der Waals surface area contributed by atoms with Crippen molar-refractivity contribution in [3.05, 3.63) is 48.0 Å². The average molecular weight is 426 g/mol. The maximum Gasteiger partial charge on any atom is 0.255 e. The molecule has 0 aromatic heterocycles. The third-order valence-electron chi connectivity index (χ3n) is 3.91. The first-order valence-corrected chi connectivity index (χ1v) is 11.7. The van der Waals surface area contributed by atoms with Gasteiger partial charge in [-0.1, -0.05) is 6.07 Å². The number of hydrogen-bond acceptors (Lipinski definition) is 6. The highest BCUT2D eigenvalue weighted by molar-refractivity contribution is 7.90. The van der Waals surface area contributed by atoms with E-state index in [1.54, 1.807) is 6.07 Å². The summed E-state index contributed by atoms with van der Waals surface area (Å²) in [6, 6.07) is 10.0. The molecule has 152 valence electrons. The first kappa shape index (κ1) is 21.9. The Morgan fingerprint density at radius 2 is 1.64 bits per heavy atom. The van der Waals surface area contributed by atoms with Crippen LogP contribution in [0.5, 0.6) is 0 Å². The van der Waals surface area contributed by atoms with Crippen molar-refractivity contribution in [2.75, 3.05) is 37.5 Å².